The van der Waals surface area contributed by atoms with E-state index >= 15 is 0 Å². The number of nitrogens with one attached hydrogen (secondary N) is 1. The van der Waals surface area contributed by atoms with E-state index in [0.29, 0.717) is 24.1 Å². The van der Waals surface area contributed by atoms with Gasteiger partial charge in [0.05, 0.1) is 0 Å². The number of ether oxygens (including phenoxy) is 1. The molecule has 0 saturated heterocycles. The monoisotopic (exact) mass is 313 g/mol. The zero-order valence-electron chi connectivity index (χ0n) is 13.1. The summed E-state index contributed by atoms with van der Waals surface area (Å²) in [4.78, 5) is 0. The van der Waals surface area contributed by atoms with Crippen molar-refractivity contribution >= 4 is 11.6 Å². The summed E-state index contributed by atoms with van der Waals surface area (Å²) < 4.78 is 5.52. The Bertz CT molecular complexity index is 370. The summed E-state index contributed by atoms with van der Waals surface area (Å²) in [6.07, 6.45) is 4.47. The average molecular weight is 314 g/mol. The number of unbranched alkanes of at least 4 members (excludes halogenated alkanes) is 1. The van der Waals surface area contributed by atoms with Gasteiger partial charge in [0.1, 0.15) is 18.5 Å². The first kappa shape index (κ1) is 18.3. The third kappa shape index (κ3) is 8.30. The fraction of sp³-hybridized carbons (Fsp3) is 0.647. The molecule has 0 aliphatic heterocycles. The molecule has 120 valence electrons. The van der Waals surface area contributed by atoms with Gasteiger partial charge in [-0.15, -0.1) is 0 Å². The zero-order chi connectivity index (χ0) is 15.5. The van der Waals surface area contributed by atoms with E-state index in [2.05, 4.69) is 19.2 Å². The molecule has 0 aliphatic carbocycles. The Labute approximate surface area is 133 Å². The van der Waals surface area contributed by atoms with Crippen LogP contribution in [0.3, 0.4) is 0 Å². The first-order chi connectivity index (χ1) is 10.2. The van der Waals surface area contributed by atoms with E-state index in [9.17, 15) is 5.11 Å². The molecule has 0 bridgehead atoms. The minimum Gasteiger partial charge on any atom is -0.491 e. The molecule has 2 N–H and O–H groups in total. The average Bonchev–Trinajstić information content (AvgIpc) is 2.50. The van der Waals surface area contributed by atoms with Gasteiger partial charge in [-0.05, 0) is 43.1 Å². The summed E-state index contributed by atoms with van der Waals surface area (Å²) in [7, 11) is 0. The Morgan fingerprint density at radius 3 is 2.52 bits per heavy atom. The van der Waals surface area contributed by atoms with Crippen molar-refractivity contribution in [2.75, 3.05) is 19.7 Å². The number of rotatable bonds is 11. The fourth-order valence-corrected chi connectivity index (χ4v) is 2.31. The third-order valence-electron chi connectivity index (χ3n) is 3.61. The number of halogens is 1. The highest BCUT2D eigenvalue weighted by Gasteiger charge is 2.08. The van der Waals surface area contributed by atoms with Crippen LogP contribution in [0.2, 0.25) is 5.02 Å². The van der Waals surface area contributed by atoms with E-state index in [1.54, 1.807) is 24.3 Å². The molecule has 2 unspecified atom stereocenters. The molecule has 3 nitrogen and oxygen atoms in total. The number of benzene rings is 1. The van der Waals surface area contributed by atoms with Crippen molar-refractivity contribution in [2.45, 2.75) is 45.6 Å². The first-order valence-corrected chi connectivity index (χ1v) is 8.30. The third-order valence-corrected chi connectivity index (χ3v) is 3.86. The molecule has 2 atom stereocenters. The predicted octanol–water partition coefficient (Wildman–Crippen LogP) is 3.89. The lowest BCUT2D eigenvalue weighted by atomic mass is 9.99. The van der Waals surface area contributed by atoms with Crippen LogP contribution in [0.4, 0.5) is 0 Å². The first-order valence-electron chi connectivity index (χ1n) is 7.92. The summed E-state index contributed by atoms with van der Waals surface area (Å²) in [5.74, 6) is 1.43. The molecule has 0 spiro atoms. The number of aliphatic hydroxyl groups excluding tert-OH is 1. The molecule has 1 aromatic rings. The Kier molecular flexibility index (Phi) is 9.48. The van der Waals surface area contributed by atoms with Crippen LogP contribution in [-0.4, -0.2) is 30.9 Å². The number of aliphatic hydroxyl groups is 1. The SMILES string of the molecule is CCCCC(CC)CNCC(O)COc1ccc(Cl)cc1. The van der Waals surface area contributed by atoms with Crippen molar-refractivity contribution in [3.63, 3.8) is 0 Å². The Morgan fingerprint density at radius 1 is 1.19 bits per heavy atom. The second-order valence-corrected chi connectivity index (χ2v) is 5.93. The molecule has 1 rings (SSSR count). The molecule has 21 heavy (non-hydrogen) atoms. The zero-order valence-corrected chi connectivity index (χ0v) is 13.9. The molecule has 4 heteroatoms. The van der Waals surface area contributed by atoms with Gasteiger partial charge in [0.15, 0.2) is 0 Å². The maximum atomic E-state index is 9.91. The molecular formula is C17H28ClNO2. The lowest BCUT2D eigenvalue weighted by Crippen LogP contribution is -2.34. The highest BCUT2D eigenvalue weighted by atomic mass is 35.5. The highest BCUT2D eigenvalue weighted by molar-refractivity contribution is 6.30. The van der Waals surface area contributed by atoms with Crippen LogP contribution in [-0.2, 0) is 0 Å². The predicted molar refractivity (Wildman–Crippen MR) is 89.1 cm³/mol. The van der Waals surface area contributed by atoms with Gasteiger partial charge in [-0.3, -0.25) is 0 Å². The second kappa shape index (κ2) is 10.9. The molecule has 0 aliphatic rings. The van der Waals surface area contributed by atoms with Crippen LogP contribution in [0, 0.1) is 5.92 Å². The smallest absolute Gasteiger partial charge is 0.119 e. The molecule has 1 aromatic carbocycles. The Morgan fingerprint density at radius 2 is 1.90 bits per heavy atom. The summed E-state index contributed by atoms with van der Waals surface area (Å²) in [5, 5.41) is 13.9. The van der Waals surface area contributed by atoms with E-state index in [0.717, 1.165) is 12.3 Å². The van der Waals surface area contributed by atoms with E-state index in [-0.39, 0.29) is 0 Å². The van der Waals surface area contributed by atoms with Crippen LogP contribution in [0.25, 0.3) is 0 Å². The van der Waals surface area contributed by atoms with Gasteiger partial charge in [-0.2, -0.15) is 0 Å². The van der Waals surface area contributed by atoms with Gasteiger partial charge in [0.2, 0.25) is 0 Å². The minimum absolute atomic E-state index is 0.292. The van der Waals surface area contributed by atoms with Crippen LogP contribution in [0.1, 0.15) is 39.5 Å². The topological polar surface area (TPSA) is 41.5 Å². The van der Waals surface area contributed by atoms with Gasteiger partial charge < -0.3 is 15.2 Å². The quantitative estimate of drug-likeness (QED) is 0.651. The van der Waals surface area contributed by atoms with E-state index in [1.807, 2.05) is 0 Å². The minimum atomic E-state index is -0.496. The summed E-state index contributed by atoms with van der Waals surface area (Å²) in [5.41, 5.74) is 0. The molecule has 0 heterocycles. The van der Waals surface area contributed by atoms with Gasteiger partial charge in [-0.25, -0.2) is 0 Å². The van der Waals surface area contributed by atoms with E-state index in [4.69, 9.17) is 16.3 Å². The summed E-state index contributed by atoms with van der Waals surface area (Å²) >= 11 is 5.81. The molecular weight excluding hydrogens is 286 g/mol. The number of hydrogen-bond donors (Lipinski definition) is 2. The lowest BCUT2D eigenvalue weighted by molar-refractivity contribution is 0.105. The van der Waals surface area contributed by atoms with Crippen molar-refractivity contribution in [1.29, 1.82) is 0 Å². The Hall–Kier alpha value is -0.770. The van der Waals surface area contributed by atoms with Crippen molar-refractivity contribution in [3.05, 3.63) is 29.3 Å². The van der Waals surface area contributed by atoms with Crippen molar-refractivity contribution < 1.29 is 9.84 Å². The van der Waals surface area contributed by atoms with Crippen molar-refractivity contribution in [2.24, 2.45) is 5.92 Å². The normalized spacial score (nSPS) is 13.9. The molecule has 0 saturated carbocycles. The molecule has 0 radical (unpaired) electrons. The summed E-state index contributed by atoms with van der Waals surface area (Å²) in [6.45, 7) is 6.27. The Balaban J connectivity index is 2.15. The van der Waals surface area contributed by atoms with Gasteiger partial charge in [-0.1, -0.05) is 44.7 Å². The van der Waals surface area contributed by atoms with Gasteiger partial charge in [0, 0.05) is 11.6 Å². The lowest BCUT2D eigenvalue weighted by Gasteiger charge is -2.17. The van der Waals surface area contributed by atoms with Crippen LogP contribution >= 0.6 is 11.6 Å². The van der Waals surface area contributed by atoms with Crippen LogP contribution < -0.4 is 10.1 Å². The van der Waals surface area contributed by atoms with Crippen LogP contribution in [0.5, 0.6) is 5.75 Å². The number of hydrogen-bond acceptors (Lipinski definition) is 3. The van der Waals surface area contributed by atoms with E-state index < -0.39 is 6.10 Å². The maximum absolute atomic E-state index is 9.91. The molecule has 0 fully saturated rings. The van der Waals surface area contributed by atoms with Gasteiger partial charge >= 0.3 is 0 Å². The maximum Gasteiger partial charge on any atom is 0.119 e. The summed E-state index contributed by atoms with van der Waals surface area (Å²) in [6, 6.07) is 7.17. The largest absolute Gasteiger partial charge is 0.491 e. The molecule has 0 aromatic heterocycles. The fourth-order valence-electron chi connectivity index (χ4n) is 2.18. The second-order valence-electron chi connectivity index (χ2n) is 5.49. The highest BCUT2D eigenvalue weighted by Crippen LogP contribution is 2.15. The van der Waals surface area contributed by atoms with Crippen molar-refractivity contribution in [3.8, 4) is 5.75 Å². The van der Waals surface area contributed by atoms with E-state index in [1.165, 1.54) is 25.7 Å². The van der Waals surface area contributed by atoms with Gasteiger partial charge in [0.25, 0.3) is 0 Å². The molecule has 0 amide bonds. The standard InChI is InChI=1S/C17H28ClNO2/c1-3-5-6-14(4-2)11-19-12-16(20)13-21-17-9-7-15(18)8-10-17/h7-10,14,16,19-20H,3-6,11-13H2,1-2H3. The van der Waals surface area contributed by atoms with Crippen LogP contribution in [0.15, 0.2) is 24.3 Å². The van der Waals surface area contributed by atoms with Crippen molar-refractivity contribution in [1.82, 2.24) is 5.32 Å².